The highest BCUT2D eigenvalue weighted by Crippen LogP contribution is 2.34. The zero-order chi connectivity index (χ0) is 15.0. The van der Waals surface area contributed by atoms with Crippen LogP contribution in [0.25, 0.3) is 10.9 Å². The fourth-order valence-electron chi connectivity index (χ4n) is 3.70. The zero-order valence-corrected chi connectivity index (χ0v) is 12.9. The second-order valence-electron chi connectivity index (χ2n) is 6.37. The molecule has 0 aromatic carbocycles. The molecule has 2 aliphatic heterocycles. The van der Waals surface area contributed by atoms with Crippen LogP contribution in [0.1, 0.15) is 19.8 Å². The van der Waals surface area contributed by atoms with Gasteiger partial charge in [0.15, 0.2) is 0 Å². The van der Waals surface area contributed by atoms with Crippen LogP contribution in [0.3, 0.4) is 0 Å². The average molecular weight is 299 g/mol. The van der Waals surface area contributed by atoms with E-state index in [4.69, 9.17) is 9.47 Å². The van der Waals surface area contributed by atoms with Crippen LogP contribution in [0, 0.1) is 0 Å². The van der Waals surface area contributed by atoms with Gasteiger partial charge in [0.05, 0.1) is 18.2 Å². The molecule has 2 aromatic heterocycles. The highest BCUT2D eigenvalue weighted by atomic mass is 16.6. The molecule has 0 bridgehead atoms. The smallest absolute Gasteiger partial charge is 0.109 e. The number of morpholine rings is 1. The lowest BCUT2D eigenvalue weighted by atomic mass is 9.93. The van der Waals surface area contributed by atoms with Gasteiger partial charge in [0, 0.05) is 49.4 Å². The van der Waals surface area contributed by atoms with Crippen molar-refractivity contribution in [3.8, 4) is 0 Å². The fourth-order valence-corrected chi connectivity index (χ4v) is 3.70. The van der Waals surface area contributed by atoms with Gasteiger partial charge in [-0.05, 0) is 31.9 Å². The quantitative estimate of drug-likeness (QED) is 0.809. The van der Waals surface area contributed by atoms with Crippen molar-refractivity contribution in [1.82, 2.24) is 9.97 Å². The minimum Gasteiger partial charge on any atom is -0.378 e. The van der Waals surface area contributed by atoms with Gasteiger partial charge in [-0.1, -0.05) is 0 Å². The Kier molecular flexibility index (Phi) is 3.47. The Morgan fingerprint density at radius 2 is 2.27 bits per heavy atom. The van der Waals surface area contributed by atoms with Crippen LogP contribution in [0.15, 0.2) is 30.7 Å². The predicted octanol–water partition coefficient (Wildman–Crippen LogP) is 2.40. The Bertz CT molecular complexity index is 665. The van der Waals surface area contributed by atoms with Gasteiger partial charge in [-0.25, -0.2) is 0 Å². The molecule has 0 saturated carbocycles. The van der Waals surface area contributed by atoms with E-state index in [0.29, 0.717) is 6.61 Å². The number of hydrogen-bond acceptors (Lipinski definition) is 5. The van der Waals surface area contributed by atoms with Gasteiger partial charge in [0.25, 0.3) is 0 Å². The second-order valence-corrected chi connectivity index (χ2v) is 6.37. The summed E-state index contributed by atoms with van der Waals surface area (Å²) in [4.78, 5) is 11.1. The van der Waals surface area contributed by atoms with Crippen molar-refractivity contribution in [2.75, 3.05) is 31.2 Å². The van der Waals surface area contributed by atoms with Gasteiger partial charge in [0.1, 0.15) is 5.60 Å². The van der Waals surface area contributed by atoms with Crippen LogP contribution in [-0.4, -0.2) is 48.0 Å². The Morgan fingerprint density at radius 1 is 1.32 bits per heavy atom. The molecule has 0 radical (unpaired) electrons. The van der Waals surface area contributed by atoms with E-state index >= 15 is 0 Å². The molecule has 4 rings (SSSR count). The third kappa shape index (κ3) is 2.44. The zero-order valence-electron chi connectivity index (χ0n) is 12.9. The normalized spacial score (nSPS) is 29.1. The van der Waals surface area contributed by atoms with Crippen molar-refractivity contribution in [3.63, 3.8) is 0 Å². The van der Waals surface area contributed by atoms with E-state index in [-0.39, 0.29) is 11.7 Å². The summed E-state index contributed by atoms with van der Waals surface area (Å²) in [5.74, 6) is 0. The second kappa shape index (κ2) is 5.48. The SMILES string of the molecule is C[C@@H]1CN(c2ccnc3ccncc23)C[C@]2(CCCOC2)O1. The van der Waals surface area contributed by atoms with Gasteiger partial charge in [-0.3, -0.25) is 9.97 Å². The predicted molar refractivity (Wildman–Crippen MR) is 85.1 cm³/mol. The molecular weight excluding hydrogens is 278 g/mol. The molecule has 2 fully saturated rings. The molecule has 2 aliphatic rings. The van der Waals surface area contributed by atoms with Gasteiger partial charge in [0.2, 0.25) is 0 Å². The Morgan fingerprint density at radius 3 is 3.14 bits per heavy atom. The molecule has 2 atom stereocenters. The molecule has 0 amide bonds. The molecular formula is C17H21N3O2. The first-order valence-corrected chi connectivity index (χ1v) is 7.95. The van der Waals surface area contributed by atoms with Crippen LogP contribution >= 0.6 is 0 Å². The largest absolute Gasteiger partial charge is 0.378 e. The molecule has 0 N–H and O–H groups in total. The summed E-state index contributed by atoms with van der Waals surface area (Å²) in [7, 11) is 0. The van der Waals surface area contributed by atoms with Crippen LogP contribution in [0.4, 0.5) is 5.69 Å². The summed E-state index contributed by atoms with van der Waals surface area (Å²) in [6, 6.07) is 4.04. The maximum absolute atomic E-state index is 6.28. The van der Waals surface area contributed by atoms with E-state index in [2.05, 4.69) is 27.9 Å². The number of fused-ring (bicyclic) bond motifs is 1. The Hall–Kier alpha value is -1.72. The highest BCUT2D eigenvalue weighted by Gasteiger charge is 2.41. The Balaban J connectivity index is 1.71. The van der Waals surface area contributed by atoms with Crippen molar-refractivity contribution < 1.29 is 9.47 Å². The lowest BCUT2D eigenvalue weighted by Crippen LogP contribution is -2.58. The van der Waals surface area contributed by atoms with Crippen LogP contribution in [-0.2, 0) is 9.47 Å². The lowest BCUT2D eigenvalue weighted by molar-refractivity contribution is -0.160. The molecule has 2 aromatic rings. The molecule has 0 unspecified atom stereocenters. The van der Waals surface area contributed by atoms with E-state index in [1.807, 2.05) is 18.5 Å². The first-order chi connectivity index (χ1) is 10.8. The molecule has 2 saturated heterocycles. The number of ether oxygens (including phenoxy) is 2. The maximum Gasteiger partial charge on any atom is 0.109 e. The lowest BCUT2D eigenvalue weighted by Gasteiger charge is -2.48. The van der Waals surface area contributed by atoms with E-state index in [1.165, 1.54) is 5.69 Å². The number of pyridine rings is 2. The summed E-state index contributed by atoms with van der Waals surface area (Å²) in [5.41, 5.74) is 2.01. The van der Waals surface area contributed by atoms with Crippen molar-refractivity contribution in [2.45, 2.75) is 31.5 Å². The third-order valence-electron chi connectivity index (χ3n) is 4.55. The maximum atomic E-state index is 6.28. The van der Waals surface area contributed by atoms with Gasteiger partial charge in [-0.2, -0.15) is 0 Å². The van der Waals surface area contributed by atoms with E-state index in [0.717, 1.165) is 43.4 Å². The standard InChI is InChI=1S/C17H21N3O2/c1-13-10-20(11-17(22-13)5-2-8-21-12-17)16-4-7-19-15-3-6-18-9-14(15)16/h3-4,6-7,9,13H,2,5,8,10-12H2,1H3/t13-,17+/m1/s1. The molecule has 5 heteroatoms. The average Bonchev–Trinajstić information content (AvgIpc) is 2.54. The van der Waals surface area contributed by atoms with E-state index < -0.39 is 0 Å². The highest BCUT2D eigenvalue weighted by molar-refractivity contribution is 5.90. The topological polar surface area (TPSA) is 47.5 Å². The molecule has 1 spiro atoms. The van der Waals surface area contributed by atoms with Crippen molar-refractivity contribution in [2.24, 2.45) is 0 Å². The van der Waals surface area contributed by atoms with Gasteiger partial charge < -0.3 is 14.4 Å². The molecule has 22 heavy (non-hydrogen) atoms. The summed E-state index contributed by atoms with van der Waals surface area (Å²) in [6.07, 6.45) is 7.89. The number of anilines is 1. The Labute approximate surface area is 130 Å². The van der Waals surface area contributed by atoms with Crippen LogP contribution < -0.4 is 4.90 Å². The first kappa shape index (κ1) is 13.9. The van der Waals surface area contributed by atoms with E-state index in [9.17, 15) is 0 Å². The number of aromatic nitrogens is 2. The molecule has 116 valence electrons. The van der Waals surface area contributed by atoms with Crippen molar-refractivity contribution in [1.29, 1.82) is 0 Å². The summed E-state index contributed by atoms with van der Waals surface area (Å²) in [5, 5.41) is 1.10. The van der Waals surface area contributed by atoms with E-state index in [1.54, 1.807) is 6.20 Å². The van der Waals surface area contributed by atoms with Crippen LogP contribution in [0.5, 0.6) is 0 Å². The number of hydrogen-bond donors (Lipinski definition) is 0. The fraction of sp³-hybridized carbons (Fsp3) is 0.529. The minimum atomic E-state index is -0.173. The van der Waals surface area contributed by atoms with Crippen molar-refractivity contribution >= 4 is 16.6 Å². The van der Waals surface area contributed by atoms with Crippen molar-refractivity contribution in [3.05, 3.63) is 30.7 Å². The number of nitrogens with zero attached hydrogens (tertiary/aromatic N) is 3. The minimum absolute atomic E-state index is 0.173. The number of rotatable bonds is 1. The third-order valence-corrected chi connectivity index (χ3v) is 4.55. The van der Waals surface area contributed by atoms with Gasteiger partial charge in [-0.15, -0.1) is 0 Å². The summed E-state index contributed by atoms with van der Waals surface area (Å²) >= 11 is 0. The molecule has 0 aliphatic carbocycles. The molecule has 4 heterocycles. The molecule has 5 nitrogen and oxygen atoms in total. The monoisotopic (exact) mass is 299 g/mol. The van der Waals surface area contributed by atoms with Gasteiger partial charge >= 0.3 is 0 Å². The first-order valence-electron chi connectivity index (χ1n) is 7.95. The summed E-state index contributed by atoms with van der Waals surface area (Å²) in [6.45, 7) is 5.43. The van der Waals surface area contributed by atoms with Crippen LogP contribution in [0.2, 0.25) is 0 Å². The summed E-state index contributed by atoms with van der Waals surface area (Å²) < 4.78 is 12.0.